The first kappa shape index (κ1) is 32.7. The van der Waals surface area contributed by atoms with Gasteiger partial charge < -0.3 is 0 Å². The molecule has 0 fully saturated rings. The van der Waals surface area contributed by atoms with Gasteiger partial charge >= 0.3 is 0 Å². The van der Waals surface area contributed by atoms with Crippen molar-refractivity contribution in [3.8, 4) is 44.5 Å². The molecule has 0 atom stereocenters. The average Bonchev–Trinajstić information content (AvgIpc) is 3.18. The number of rotatable bonds is 4. The first-order chi connectivity index (χ1) is 25.7. The van der Waals surface area contributed by atoms with E-state index in [1.807, 2.05) is 18.2 Å². The summed E-state index contributed by atoms with van der Waals surface area (Å²) in [5, 5.41) is 8.56. The zero-order valence-electron chi connectivity index (χ0n) is 29.6. The molecule has 256 valence electrons. The molecule has 9 aromatic rings. The van der Waals surface area contributed by atoms with Crippen molar-refractivity contribution in [2.75, 3.05) is 0 Å². The van der Waals surface area contributed by atoms with E-state index in [0.717, 1.165) is 88.6 Å². The Hall–Kier alpha value is -6.19. The van der Waals surface area contributed by atoms with Crippen molar-refractivity contribution in [1.29, 1.82) is 0 Å². The number of halogens is 3. The number of hydrogen-bond acceptors (Lipinski definition) is 0. The Morgan fingerprint density at radius 2 is 0.792 bits per heavy atom. The summed E-state index contributed by atoms with van der Waals surface area (Å²) >= 11 is 0. The predicted molar refractivity (Wildman–Crippen MR) is 217 cm³/mol. The van der Waals surface area contributed by atoms with Crippen molar-refractivity contribution >= 4 is 43.1 Å². The minimum atomic E-state index is -1.47. The lowest BCUT2D eigenvalue weighted by Gasteiger charge is -2.22. The van der Waals surface area contributed by atoms with Gasteiger partial charge in [-0.15, -0.1) is 0 Å². The van der Waals surface area contributed by atoms with Crippen molar-refractivity contribution in [2.24, 2.45) is 0 Å². The summed E-state index contributed by atoms with van der Waals surface area (Å²) in [7, 11) is 0. The molecule has 0 spiro atoms. The molecule has 0 aliphatic heterocycles. The molecule has 0 aromatic heterocycles. The number of hydrogen-bond donors (Lipinski definition) is 0. The maximum atomic E-state index is 14.6. The second-order valence-electron chi connectivity index (χ2n) is 14.9. The number of fused-ring (bicyclic) bond motifs is 4. The smallest absolute Gasteiger partial charge is 0.194 e. The molecule has 0 radical (unpaired) electrons. The van der Waals surface area contributed by atoms with Crippen molar-refractivity contribution in [1.82, 2.24) is 0 Å². The molecule has 0 heterocycles. The van der Waals surface area contributed by atoms with Crippen LogP contribution in [-0.2, 0) is 5.41 Å². The van der Waals surface area contributed by atoms with Crippen LogP contribution in [0.1, 0.15) is 26.3 Å². The van der Waals surface area contributed by atoms with Gasteiger partial charge in [-0.3, -0.25) is 0 Å². The van der Waals surface area contributed by atoms with Crippen LogP contribution in [0.25, 0.3) is 87.6 Å². The summed E-state index contributed by atoms with van der Waals surface area (Å²) in [6.07, 6.45) is 0. The molecule has 0 aliphatic carbocycles. The molecule has 0 aliphatic rings. The van der Waals surface area contributed by atoms with Crippen molar-refractivity contribution < 1.29 is 13.2 Å². The lowest BCUT2D eigenvalue weighted by Crippen LogP contribution is -2.10. The van der Waals surface area contributed by atoms with Crippen LogP contribution < -0.4 is 0 Å². The van der Waals surface area contributed by atoms with E-state index in [1.54, 1.807) is 0 Å². The first-order valence-electron chi connectivity index (χ1n) is 17.9. The Kier molecular flexibility index (Phi) is 7.71. The fraction of sp³-hybridized carbons (Fsp3) is 0.0800. The van der Waals surface area contributed by atoms with Crippen LogP contribution >= 0.6 is 0 Å². The second kappa shape index (κ2) is 12.5. The fourth-order valence-electron chi connectivity index (χ4n) is 7.94. The fourth-order valence-corrected chi connectivity index (χ4v) is 7.94. The average molecular weight is 693 g/mol. The van der Waals surface area contributed by atoms with Gasteiger partial charge in [0.25, 0.3) is 0 Å². The Balaban J connectivity index is 1.44. The van der Waals surface area contributed by atoms with Gasteiger partial charge in [0, 0.05) is 0 Å². The first-order valence-corrected chi connectivity index (χ1v) is 17.9. The van der Waals surface area contributed by atoms with Crippen molar-refractivity contribution in [2.45, 2.75) is 26.2 Å². The maximum Gasteiger partial charge on any atom is 0.194 e. The van der Waals surface area contributed by atoms with Crippen LogP contribution in [0.15, 0.2) is 158 Å². The standard InChI is InChI=1S/C50H35F3/c1-50(2,3)36-22-18-30(19-23-36)33-20-24-41-43(26-33)47(39-16-8-12-31-10-4-6-14-37(31)39)42-25-21-34(35-28-45(51)49(53)46(52)29-35)27-44(42)48(41)40-17-9-13-32-11-5-7-15-38(32)40/h4-29H,1-3H3. The molecule has 0 saturated carbocycles. The van der Waals surface area contributed by atoms with E-state index in [9.17, 15) is 13.2 Å². The number of benzene rings is 9. The van der Waals surface area contributed by atoms with Crippen LogP contribution in [0.2, 0.25) is 0 Å². The van der Waals surface area contributed by atoms with Crippen molar-refractivity contribution in [3.05, 3.63) is 181 Å². The monoisotopic (exact) mass is 692 g/mol. The Bertz CT molecular complexity index is 2860. The summed E-state index contributed by atoms with van der Waals surface area (Å²) in [6.45, 7) is 6.68. The Labute approximate surface area is 306 Å². The molecule has 0 amide bonds. The molecule has 0 N–H and O–H groups in total. The van der Waals surface area contributed by atoms with Crippen molar-refractivity contribution in [3.63, 3.8) is 0 Å². The molecular formula is C50H35F3. The molecule has 0 nitrogen and oxygen atoms in total. The van der Waals surface area contributed by atoms with E-state index in [0.29, 0.717) is 5.56 Å². The van der Waals surface area contributed by atoms with Crippen LogP contribution in [0.5, 0.6) is 0 Å². The maximum absolute atomic E-state index is 14.6. The predicted octanol–water partition coefficient (Wildman–Crippen LogP) is 14.7. The molecule has 3 heteroatoms. The second-order valence-corrected chi connectivity index (χ2v) is 14.9. The SMILES string of the molecule is CC(C)(C)c1ccc(-c2ccc3c(-c4cccc5ccccc45)c4cc(-c5cc(F)c(F)c(F)c5)ccc4c(-c4cccc5ccccc45)c3c2)cc1. The largest absolute Gasteiger partial charge is 0.204 e. The minimum absolute atomic E-state index is 0.0417. The third-order valence-electron chi connectivity index (χ3n) is 10.6. The topological polar surface area (TPSA) is 0 Å². The molecule has 0 saturated heterocycles. The van der Waals surface area contributed by atoms with Gasteiger partial charge in [-0.25, -0.2) is 13.2 Å². The zero-order chi connectivity index (χ0) is 36.4. The van der Waals surface area contributed by atoms with Gasteiger partial charge in [-0.2, -0.15) is 0 Å². The van der Waals surface area contributed by atoms with Gasteiger partial charge in [0.1, 0.15) is 0 Å². The Morgan fingerprint density at radius 1 is 0.358 bits per heavy atom. The van der Waals surface area contributed by atoms with Gasteiger partial charge in [0.15, 0.2) is 17.5 Å². The van der Waals surface area contributed by atoms with Gasteiger partial charge in [0.2, 0.25) is 0 Å². The summed E-state index contributed by atoms with van der Waals surface area (Å²) in [6, 6.07) is 53.2. The highest BCUT2D eigenvalue weighted by Crippen LogP contribution is 2.48. The molecule has 9 rings (SSSR count). The highest BCUT2D eigenvalue weighted by Gasteiger charge is 2.22. The Morgan fingerprint density at radius 3 is 1.28 bits per heavy atom. The lowest BCUT2D eigenvalue weighted by molar-refractivity contribution is 0.448. The zero-order valence-corrected chi connectivity index (χ0v) is 29.6. The molecule has 0 unspecified atom stereocenters. The molecule has 53 heavy (non-hydrogen) atoms. The highest BCUT2D eigenvalue weighted by molar-refractivity contribution is 6.26. The van der Waals surface area contributed by atoms with Gasteiger partial charge in [0.05, 0.1) is 0 Å². The van der Waals surface area contributed by atoms with E-state index < -0.39 is 17.5 Å². The van der Waals surface area contributed by atoms with Gasteiger partial charge in [-0.05, 0) is 123 Å². The quantitative estimate of drug-likeness (QED) is 0.127. The summed E-state index contributed by atoms with van der Waals surface area (Å²) in [5.41, 5.74) is 8.67. The van der Waals surface area contributed by atoms with Crippen LogP contribution in [0, 0.1) is 17.5 Å². The molecule has 9 aromatic carbocycles. The van der Waals surface area contributed by atoms with Gasteiger partial charge in [-0.1, -0.05) is 154 Å². The van der Waals surface area contributed by atoms with E-state index in [2.05, 4.69) is 148 Å². The third-order valence-corrected chi connectivity index (χ3v) is 10.6. The van der Waals surface area contributed by atoms with E-state index in [4.69, 9.17) is 0 Å². The van der Waals surface area contributed by atoms with Crippen LogP contribution in [-0.4, -0.2) is 0 Å². The minimum Gasteiger partial charge on any atom is -0.204 e. The third kappa shape index (κ3) is 5.55. The normalized spacial score (nSPS) is 12.0. The molecule has 0 bridgehead atoms. The highest BCUT2D eigenvalue weighted by atomic mass is 19.2. The summed E-state index contributed by atoms with van der Waals surface area (Å²) in [4.78, 5) is 0. The summed E-state index contributed by atoms with van der Waals surface area (Å²) < 4.78 is 43.4. The van der Waals surface area contributed by atoms with E-state index >= 15 is 0 Å². The van der Waals surface area contributed by atoms with E-state index in [-0.39, 0.29) is 11.0 Å². The summed E-state index contributed by atoms with van der Waals surface area (Å²) in [5.74, 6) is -3.90. The van der Waals surface area contributed by atoms with Crippen LogP contribution in [0.4, 0.5) is 13.2 Å². The van der Waals surface area contributed by atoms with E-state index in [1.165, 1.54) is 5.56 Å². The van der Waals surface area contributed by atoms with Crippen LogP contribution in [0.3, 0.4) is 0 Å². The lowest BCUT2D eigenvalue weighted by atomic mass is 9.82. The molecular weight excluding hydrogens is 658 g/mol.